The molecule has 0 aromatic heterocycles. The summed E-state index contributed by atoms with van der Waals surface area (Å²) in [6.45, 7) is 9.41. The summed E-state index contributed by atoms with van der Waals surface area (Å²) in [4.78, 5) is 10.2. The van der Waals surface area contributed by atoms with Crippen LogP contribution in [0, 0.1) is 0 Å². The van der Waals surface area contributed by atoms with Crippen LogP contribution in [0.1, 0.15) is 67.8 Å². The molecule has 0 saturated carbocycles. The maximum atomic E-state index is 6.13. The van der Waals surface area contributed by atoms with Crippen LogP contribution in [-0.2, 0) is 4.74 Å². The van der Waals surface area contributed by atoms with E-state index in [1.807, 2.05) is 36.4 Å². The van der Waals surface area contributed by atoms with Crippen LogP contribution in [0.15, 0.2) is 88.8 Å². The standard InChI is InChI=1S/C28H30N2O/c1-19(2)23-16-11-17-24(20(3)4)27(23)30-26(22-14-9-6-10-15-22)28-29-25(18-31-28)21-12-7-5-8-13-21/h5-17,19-20,25H,18H2,1-4H3. The predicted molar refractivity (Wildman–Crippen MR) is 130 cm³/mol. The second kappa shape index (κ2) is 9.30. The Hall–Kier alpha value is -3.20. The zero-order chi connectivity index (χ0) is 21.8. The van der Waals surface area contributed by atoms with Crippen molar-refractivity contribution in [3.05, 3.63) is 101 Å². The molecule has 1 heterocycles. The molecule has 0 amide bonds. The highest BCUT2D eigenvalue weighted by Gasteiger charge is 2.26. The summed E-state index contributed by atoms with van der Waals surface area (Å²) in [5.41, 5.74) is 6.52. The molecule has 3 nitrogen and oxygen atoms in total. The highest BCUT2D eigenvalue weighted by atomic mass is 16.5. The van der Waals surface area contributed by atoms with Crippen molar-refractivity contribution in [2.75, 3.05) is 6.61 Å². The third-order valence-electron chi connectivity index (χ3n) is 5.65. The molecule has 1 atom stereocenters. The topological polar surface area (TPSA) is 34.0 Å². The van der Waals surface area contributed by atoms with Crippen molar-refractivity contribution in [1.29, 1.82) is 0 Å². The van der Waals surface area contributed by atoms with Gasteiger partial charge in [0.05, 0.1) is 5.69 Å². The van der Waals surface area contributed by atoms with Crippen LogP contribution in [0.5, 0.6) is 0 Å². The Kier molecular flexibility index (Phi) is 6.31. The molecule has 0 fully saturated rings. The van der Waals surface area contributed by atoms with Gasteiger partial charge < -0.3 is 4.74 Å². The van der Waals surface area contributed by atoms with Gasteiger partial charge in [-0.1, -0.05) is 107 Å². The molecule has 158 valence electrons. The molecule has 4 rings (SSSR count). The molecule has 0 saturated heterocycles. The van der Waals surface area contributed by atoms with E-state index >= 15 is 0 Å². The smallest absolute Gasteiger partial charge is 0.236 e. The van der Waals surface area contributed by atoms with Gasteiger partial charge in [0.15, 0.2) is 0 Å². The molecule has 31 heavy (non-hydrogen) atoms. The van der Waals surface area contributed by atoms with Crippen molar-refractivity contribution >= 4 is 17.3 Å². The van der Waals surface area contributed by atoms with Gasteiger partial charge in [-0.05, 0) is 28.5 Å². The first kappa shape index (κ1) is 21.0. The molecule has 1 aliphatic rings. The minimum absolute atomic E-state index is 0.00461. The Morgan fingerprint density at radius 2 is 1.39 bits per heavy atom. The normalized spacial score (nSPS) is 16.5. The van der Waals surface area contributed by atoms with Crippen molar-refractivity contribution < 1.29 is 4.74 Å². The molecule has 0 aliphatic carbocycles. The van der Waals surface area contributed by atoms with Gasteiger partial charge in [0.2, 0.25) is 5.90 Å². The minimum Gasteiger partial charge on any atom is -0.474 e. The Balaban J connectivity index is 1.86. The van der Waals surface area contributed by atoms with Crippen molar-refractivity contribution in [1.82, 2.24) is 0 Å². The first-order valence-electron chi connectivity index (χ1n) is 11.1. The van der Waals surface area contributed by atoms with Crippen LogP contribution in [0.4, 0.5) is 5.69 Å². The van der Waals surface area contributed by atoms with Gasteiger partial charge >= 0.3 is 0 Å². The van der Waals surface area contributed by atoms with E-state index in [1.54, 1.807) is 0 Å². The largest absolute Gasteiger partial charge is 0.474 e. The summed E-state index contributed by atoms with van der Waals surface area (Å²) in [6, 6.07) is 27.1. The van der Waals surface area contributed by atoms with Gasteiger partial charge in [0.25, 0.3) is 0 Å². The second-order valence-corrected chi connectivity index (χ2v) is 8.59. The second-order valence-electron chi connectivity index (χ2n) is 8.59. The van der Waals surface area contributed by atoms with E-state index in [4.69, 9.17) is 14.7 Å². The number of hydrogen-bond donors (Lipinski definition) is 0. The third kappa shape index (κ3) is 4.61. The van der Waals surface area contributed by atoms with Gasteiger partial charge in [-0.15, -0.1) is 0 Å². The van der Waals surface area contributed by atoms with Gasteiger partial charge in [-0.3, -0.25) is 0 Å². The van der Waals surface area contributed by atoms with Crippen molar-refractivity contribution in [2.24, 2.45) is 9.98 Å². The summed E-state index contributed by atoms with van der Waals surface area (Å²) >= 11 is 0. The van der Waals surface area contributed by atoms with Gasteiger partial charge in [0.1, 0.15) is 18.4 Å². The minimum atomic E-state index is -0.00461. The quantitative estimate of drug-likeness (QED) is 0.395. The number of ether oxygens (including phenoxy) is 1. The Labute approximate surface area is 185 Å². The van der Waals surface area contributed by atoms with E-state index < -0.39 is 0 Å². The summed E-state index contributed by atoms with van der Waals surface area (Å²) in [5.74, 6) is 1.37. The van der Waals surface area contributed by atoms with Crippen LogP contribution in [0.2, 0.25) is 0 Å². The van der Waals surface area contributed by atoms with Crippen LogP contribution in [0.25, 0.3) is 0 Å². The summed E-state index contributed by atoms with van der Waals surface area (Å²) < 4.78 is 6.13. The summed E-state index contributed by atoms with van der Waals surface area (Å²) in [5, 5.41) is 0. The zero-order valence-electron chi connectivity index (χ0n) is 18.7. The monoisotopic (exact) mass is 410 g/mol. The van der Waals surface area contributed by atoms with E-state index in [9.17, 15) is 0 Å². The third-order valence-corrected chi connectivity index (χ3v) is 5.65. The lowest BCUT2D eigenvalue weighted by atomic mass is 9.92. The van der Waals surface area contributed by atoms with Crippen LogP contribution >= 0.6 is 0 Å². The fourth-order valence-electron chi connectivity index (χ4n) is 3.93. The molecule has 3 aromatic carbocycles. The SMILES string of the molecule is CC(C)c1cccc(C(C)C)c1N=C(C1=NC(c2ccccc2)CO1)c1ccccc1. The van der Waals surface area contributed by atoms with Crippen LogP contribution in [0.3, 0.4) is 0 Å². The van der Waals surface area contributed by atoms with Gasteiger partial charge in [-0.25, -0.2) is 9.98 Å². The zero-order valence-corrected chi connectivity index (χ0v) is 18.7. The lowest BCUT2D eigenvalue weighted by molar-refractivity contribution is 0.323. The molecule has 3 aromatic rings. The van der Waals surface area contributed by atoms with Crippen LogP contribution < -0.4 is 0 Å². The van der Waals surface area contributed by atoms with E-state index in [-0.39, 0.29) is 6.04 Å². The average molecular weight is 411 g/mol. The molecular formula is C28H30N2O. The molecule has 0 spiro atoms. The van der Waals surface area contributed by atoms with E-state index in [0.717, 1.165) is 22.5 Å². The maximum absolute atomic E-state index is 6.13. The fraction of sp³-hybridized carbons (Fsp3) is 0.286. The van der Waals surface area contributed by atoms with Crippen molar-refractivity contribution in [2.45, 2.75) is 45.6 Å². The van der Waals surface area contributed by atoms with E-state index in [1.165, 1.54) is 11.1 Å². The molecule has 0 bridgehead atoms. The maximum Gasteiger partial charge on any atom is 0.236 e. The van der Waals surface area contributed by atoms with Crippen LogP contribution in [-0.4, -0.2) is 18.2 Å². The van der Waals surface area contributed by atoms with Gasteiger partial charge in [-0.2, -0.15) is 0 Å². The fourth-order valence-corrected chi connectivity index (χ4v) is 3.93. The Bertz CT molecular complexity index is 1060. The average Bonchev–Trinajstić information content (AvgIpc) is 3.28. The molecule has 0 radical (unpaired) electrons. The predicted octanol–water partition coefficient (Wildman–Crippen LogP) is 7.22. The number of hydrogen-bond acceptors (Lipinski definition) is 3. The first-order valence-corrected chi connectivity index (χ1v) is 11.1. The number of nitrogens with zero attached hydrogens (tertiary/aromatic N) is 2. The Morgan fingerprint density at radius 3 is 1.97 bits per heavy atom. The van der Waals surface area contributed by atoms with Crippen molar-refractivity contribution in [3.63, 3.8) is 0 Å². The highest BCUT2D eigenvalue weighted by Crippen LogP contribution is 2.36. The molecule has 1 unspecified atom stereocenters. The van der Waals surface area contributed by atoms with E-state index in [2.05, 4.69) is 70.2 Å². The lowest BCUT2D eigenvalue weighted by Crippen LogP contribution is -2.16. The molecule has 1 aliphatic heterocycles. The number of para-hydroxylation sites is 1. The number of benzene rings is 3. The summed E-state index contributed by atoms with van der Waals surface area (Å²) in [6.07, 6.45) is 0. The van der Waals surface area contributed by atoms with E-state index in [0.29, 0.717) is 24.3 Å². The summed E-state index contributed by atoms with van der Waals surface area (Å²) in [7, 11) is 0. The van der Waals surface area contributed by atoms with Crippen molar-refractivity contribution in [3.8, 4) is 0 Å². The lowest BCUT2D eigenvalue weighted by Gasteiger charge is -2.18. The van der Waals surface area contributed by atoms with Gasteiger partial charge in [0, 0.05) is 5.56 Å². The highest BCUT2D eigenvalue weighted by molar-refractivity contribution is 6.46. The molecule has 0 N–H and O–H groups in total. The first-order chi connectivity index (χ1) is 15.0. The molecule has 3 heteroatoms. The molecular weight excluding hydrogens is 380 g/mol. The Morgan fingerprint density at radius 1 is 0.806 bits per heavy atom. The number of rotatable bonds is 6. The number of aliphatic imine (C=N–C) groups is 2.